The van der Waals surface area contributed by atoms with Crippen molar-refractivity contribution in [2.75, 3.05) is 13.3 Å². The second-order valence-corrected chi connectivity index (χ2v) is 8.59. The molecule has 0 spiro atoms. The Morgan fingerprint density at radius 3 is 2.59 bits per heavy atom. The molecular formula is C11H10ClF3NO4PS. The van der Waals surface area contributed by atoms with Gasteiger partial charge in [0.25, 0.3) is 5.69 Å². The molecule has 1 rings (SSSR count). The summed E-state index contributed by atoms with van der Waals surface area (Å²) in [5.74, 6) is -0.274. The summed E-state index contributed by atoms with van der Waals surface area (Å²) < 4.78 is 48.9. The van der Waals surface area contributed by atoms with Crippen molar-refractivity contribution in [3.05, 3.63) is 45.5 Å². The molecule has 0 fully saturated rings. The van der Waals surface area contributed by atoms with Gasteiger partial charge in [-0.05, 0) is 23.9 Å². The summed E-state index contributed by atoms with van der Waals surface area (Å²) >= 11 is 10.5. The zero-order valence-corrected chi connectivity index (χ0v) is 13.6. The highest BCUT2D eigenvalue weighted by molar-refractivity contribution is 8.09. The maximum atomic E-state index is 12.8. The number of benzene rings is 1. The minimum atomic E-state index is -4.90. The first-order valence-electron chi connectivity index (χ1n) is 5.53. The lowest BCUT2D eigenvalue weighted by molar-refractivity contribution is -0.388. The van der Waals surface area contributed by atoms with Crippen LogP contribution in [0, 0.1) is 10.1 Å². The topological polar surface area (TPSA) is 61.6 Å². The van der Waals surface area contributed by atoms with Crippen molar-refractivity contribution in [1.82, 2.24) is 0 Å². The van der Waals surface area contributed by atoms with E-state index < -0.39 is 28.8 Å². The second-order valence-electron chi connectivity index (χ2n) is 4.09. The van der Waals surface area contributed by atoms with Crippen LogP contribution in [0.2, 0.25) is 0 Å². The van der Waals surface area contributed by atoms with Gasteiger partial charge in [-0.2, -0.15) is 13.2 Å². The molecule has 0 saturated heterocycles. The molecule has 1 aromatic carbocycles. The van der Waals surface area contributed by atoms with E-state index in [1.807, 2.05) is 0 Å². The van der Waals surface area contributed by atoms with Crippen LogP contribution in [0.5, 0.6) is 5.75 Å². The Morgan fingerprint density at radius 2 is 2.14 bits per heavy atom. The number of halogens is 4. The third-order valence-electron chi connectivity index (χ3n) is 2.20. The van der Waals surface area contributed by atoms with Gasteiger partial charge in [0, 0.05) is 17.8 Å². The Labute approximate surface area is 134 Å². The van der Waals surface area contributed by atoms with E-state index in [0.717, 1.165) is 6.07 Å². The van der Waals surface area contributed by atoms with Crippen LogP contribution in [0.3, 0.4) is 0 Å². The van der Waals surface area contributed by atoms with E-state index in [2.05, 4.69) is 6.58 Å². The van der Waals surface area contributed by atoms with E-state index in [1.54, 1.807) is 0 Å². The van der Waals surface area contributed by atoms with Crippen molar-refractivity contribution in [1.29, 1.82) is 0 Å². The van der Waals surface area contributed by atoms with Gasteiger partial charge in [-0.3, -0.25) is 10.1 Å². The number of nitrogens with zero attached hydrogens (tertiary/aromatic N) is 1. The van der Waals surface area contributed by atoms with Gasteiger partial charge in [0.1, 0.15) is 11.3 Å². The predicted molar refractivity (Wildman–Crippen MR) is 79.9 cm³/mol. The summed E-state index contributed by atoms with van der Waals surface area (Å²) in [5.41, 5.74) is -2.49. The Morgan fingerprint density at radius 1 is 1.55 bits per heavy atom. The van der Waals surface area contributed by atoms with Gasteiger partial charge in [-0.25, -0.2) is 0 Å². The predicted octanol–water partition coefficient (Wildman–Crippen LogP) is 4.70. The number of hydrogen-bond donors (Lipinski definition) is 0. The van der Waals surface area contributed by atoms with Gasteiger partial charge in [-0.1, -0.05) is 18.2 Å². The first-order valence-corrected chi connectivity index (χ1v) is 8.99. The lowest BCUT2D eigenvalue weighted by Crippen LogP contribution is -2.09. The second kappa shape index (κ2) is 6.95. The molecule has 0 heterocycles. The normalized spacial score (nSPS) is 14.2. The average molecular weight is 376 g/mol. The summed E-state index contributed by atoms with van der Waals surface area (Å²) in [7, 11) is 0. The fourth-order valence-electron chi connectivity index (χ4n) is 1.36. The molecule has 0 aliphatic rings. The fraction of sp³-hybridized carbons (Fsp3) is 0.273. The Balaban J connectivity index is 3.10. The van der Waals surface area contributed by atoms with Gasteiger partial charge in [0.2, 0.25) is 6.49 Å². The van der Waals surface area contributed by atoms with Gasteiger partial charge in [-0.15, -0.1) is 0 Å². The monoisotopic (exact) mass is 375 g/mol. The quantitative estimate of drug-likeness (QED) is 0.409. The molecule has 0 aliphatic carbocycles. The fourth-order valence-corrected chi connectivity index (χ4v) is 2.85. The van der Waals surface area contributed by atoms with E-state index in [9.17, 15) is 23.3 Å². The zero-order chi connectivity index (χ0) is 17.1. The van der Waals surface area contributed by atoms with Gasteiger partial charge >= 0.3 is 6.18 Å². The summed E-state index contributed by atoms with van der Waals surface area (Å²) in [4.78, 5) is 9.52. The minimum Gasteiger partial charge on any atom is -0.444 e. The van der Waals surface area contributed by atoms with Crippen LogP contribution in [0.1, 0.15) is 5.56 Å². The number of nitro benzene ring substituents is 1. The molecule has 11 heteroatoms. The Kier molecular flexibility index (Phi) is 5.97. The highest BCUT2D eigenvalue weighted by atomic mass is 35.5. The number of hydrogen-bond acceptors (Lipinski definition) is 5. The van der Waals surface area contributed by atoms with Crippen LogP contribution in [0.15, 0.2) is 29.8 Å². The van der Waals surface area contributed by atoms with Crippen molar-refractivity contribution in [2.24, 2.45) is 0 Å². The molecular weight excluding hydrogens is 366 g/mol. The average Bonchev–Trinajstić information content (AvgIpc) is 2.34. The standard InChI is InChI=1S/C11H10ClF3NO4PS/c1-7(12)6-19-21(2,22)20-8-3-4-10(16(17)18)9(5-8)11(13,14)15/h3-5H,1,6H2,2H3. The molecule has 0 saturated carbocycles. The first kappa shape index (κ1) is 18.9. The first-order chi connectivity index (χ1) is 9.92. The van der Waals surface area contributed by atoms with E-state index >= 15 is 0 Å². The largest absolute Gasteiger partial charge is 0.444 e. The highest BCUT2D eigenvalue weighted by Gasteiger charge is 2.38. The van der Waals surface area contributed by atoms with Crippen LogP contribution in [-0.4, -0.2) is 18.2 Å². The van der Waals surface area contributed by atoms with Gasteiger partial charge < -0.3 is 9.05 Å². The molecule has 122 valence electrons. The van der Waals surface area contributed by atoms with Crippen LogP contribution >= 0.6 is 18.1 Å². The molecule has 0 aromatic heterocycles. The van der Waals surface area contributed by atoms with Crippen LogP contribution in [0.4, 0.5) is 18.9 Å². The van der Waals surface area contributed by atoms with Crippen molar-refractivity contribution < 1.29 is 27.1 Å². The molecule has 0 bridgehead atoms. The molecule has 1 aromatic rings. The molecule has 1 atom stereocenters. The SMILES string of the molecule is C=C(Cl)COP(C)(=S)Oc1ccc([N+](=O)[O-])c(C(F)(F)F)c1. The maximum Gasteiger partial charge on any atom is 0.423 e. The van der Waals surface area contributed by atoms with Crippen molar-refractivity contribution in [2.45, 2.75) is 6.18 Å². The van der Waals surface area contributed by atoms with Gasteiger partial charge in [0.15, 0.2) is 0 Å². The number of nitro groups is 1. The lowest BCUT2D eigenvalue weighted by atomic mass is 10.1. The van der Waals surface area contributed by atoms with E-state index in [4.69, 9.17) is 32.5 Å². The molecule has 0 aliphatic heterocycles. The smallest absolute Gasteiger partial charge is 0.423 e. The number of rotatable bonds is 6. The highest BCUT2D eigenvalue weighted by Crippen LogP contribution is 2.47. The summed E-state index contributed by atoms with van der Waals surface area (Å²) in [6.07, 6.45) is -4.90. The Hall–Kier alpha value is -1.15. The molecule has 0 amide bonds. The third kappa shape index (κ3) is 5.57. The summed E-state index contributed by atoms with van der Waals surface area (Å²) in [5, 5.41) is 10.8. The molecule has 0 radical (unpaired) electrons. The Bertz CT molecular complexity index is 653. The van der Waals surface area contributed by atoms with E-state index in [1.165, 1.54) is 6.66 Å². The third-order valence-corrected chi connectivity index (χ3v) is 3.99. The maximum absolute atomic E-state index is 12.8. The van der Waals surface area contributed by atoms with Crippen molar-refractivity contribution in [3.63, 3.8) is 0 Å². The van der Waals surface area contributed by atoms with Crippen LogP contribution < -0.4 is 4.52 Å². The number of alkyl halides is 3. The van der Waals surface area contributed by atoms with Gasteiger partial charge in [0.05, 0.1) is 11.5 Å². The van der Waals surface area contributed by atoms with E-state index in [-0.39, 0.29) is 17.4 Å². The van der Waals surface area contributed by atoms with Crippen molar-refractivity contribution >= 4 is 35.6 Å². The van der Waals surface area contributed by atoms with Crippen molar-refractivity contribution in [3.8, 4) is 5.75 Å². The van der Waals surface area contributed by atoms with Crippen LogP contribution in [0.25, 0.3) is 0 Å². The molecule has 1 unspecified atom stereocenters. The summed E-state index contributed by atoms with van der Waals surface area (Å²) in [6.45, 7) is 1.72. The summed E-state index contributed by atoms with van der Waals surface area (Å²) in [6, 6.07) is 2.24. The lowest BCUT2D eigenvalue weighted by Gasteiger charge is -2.19. The van der Waals surface area contributed by atoms with E-state index in [0.29, 0.717) is 12.1 Å². The molecule has 5 nitrogen and oxygen atoms in total. The van der Waals surface area contributed by atoms with Crippen LogP contribution in [-0.2, 0) is 22.5 Å². The zero-order valence-electron chi connectivity index (χ0n) is 11.1. The molecule has 0 N–H and O–H groups in total. The minimum absolute atomic E-state index is 0.117. The molecule has 22 heavy (non-hydrogen) atoms.